The summed E-state index contributed by atoms with van der Waals surface area (Å²) in [6, 6.07) is 21.2. The van der Waals surface area contributed by atoms with Gasteiger partial charge in [-0.05, 0) is 30.8 Å². The molecule has 0 fully saturated rings. The predicted octanol–water partition coefficient (Wildman–Crippen LogP) is 5.38. The van der Waals surface area contributed by atoms with Crippen molar-refractivity contribution in [2.24, 2.45) is 0 Å². The van der Waals surface area contributed by atoms with Crippen LogP contribution in [-0.4, -0.2) is 8.32 Å². The first-order valence-electron chi connectivity index (χ1n) is 7.25. The maximum absolute atomic E-state index is 6.48. The van der Waals surface area contributed by atoms with Gasteiger partial charge in [0.05, 0.1) is 6.10 Å². The molecule has 0 aromatic heterocycles. The van der Waals surface area contributed by atoms with Gasteiger partial charge in [-0.15, -0.1) is 0 Å². The lowest BCUT2D eigenvalue weighted by atomic mass is 9.91. The molecule has 0 aliphatic rings. The van der Waals surface area contributed by atoms with Crippen molar-refractivity contribution >= 4 is 8.32 Å². The van der Waals surface area contributed by atoms with Gasteiger partial charge < -0.3 is 4.43 Å². The molecule has 0 unspecified atom stereocenters. The Hall–Kier alpha value is -1.38. The molecule has 0 aliphatic carbocycles. The Morgan fingerprint density at radius 1 is 0.750 bits per heavy atom. The van der Waals surface area contributed by atoms with Crippen LogP contribution in [0.3, 0.4) is 0 Å². The molecule has 0 radical (unpaired) electrons. The first-order valence-corrected chi connectivity index (χ1v) is 10.7. The highest BCUT2D eigenvalue weighted by Gasteiger charge is 2.27. The summed E-state index contributed by atoms with van der Waals surface area (Å²) >= 11 is 0. The summed E-state index contributed by atoms with van der Waals surface area (Å²) in [6.07, 6.45) is 0.130. The fraction of sp³-hybridized carbons (Fsp3) is 0.333. The first kappa shape index (κ1) is 15.0. The second-order valence-corrected chi connectivity index (χ2v) is 10.7. The van der Waals surface area contributed by atoms with Crippen LogP contribution < -0.4 is 0 Å². The third kappa shape index (κ3) is 4.05. The zero-order chi connectivity index (χ0) is 14.6. The summed E-state index contributed by atoms with van der Waals surface area (Å²) in [4.78, 5) is 0. The monoisotopic (exact) mass is 284 g/mol. The van der Waals surface area contributed by atoms with E-state index in [2.05, 4.69) is 87.2 Å². The summed E-state index contributed by atoms with van der Waals surface area (Å²) in [5, 5.41) is 0. The highest BCUT2D eigenvalue weighted by molar-refractivity contribution is 6.69. The van der Waals surface area contributed by atoms with E-state index in [0.717, 1.165) is 0 Å². The van der Waals surface area contributed by atoms with Gasteiger partial charge in [-0.25, -0.2) is 0 Å². The van der Waals surface area contributed by atoms with Crippen LogP contribution in [0.1, 0.15) is 30.1 Å². The van der Waals surface area contributed by atoms with E-state index < -0.39 is 8.32 Å². The molecule has 0 aliphatic heterocycles. The third-order valence-corrected chi connectivity index (χ3v) is 4.35. The average Bonchev–Trinajstić information content (AvgIpc) is 2.45. The molecule has 2 aromatic rings. The van der Waals surface area contributed by atoms with E-state index >= 15 is 0 Å². The minimum Gasteiger partial charge on any atom is -0.410 e. The Bertz CT molecular complexity index is 516. The van der Waals surface area contributed by atoms with Crippen molar-refractivity contribution in [3.8, 4) is 0 Å². The van der Waals surface area contributed by atoms with Crippen molar-refractivity contribution < 1.29 is 4.43 Å². The number of hydrogen-bond donors (Lipinski definition) is 0. The third-order valence-electron chi connectivity index (χ3n) is 3.39. The molecule has 106 valence electrons. The molecule has 0 saturated carbocycles. The topological polar surface area (TPSA) is 9.23 Å². The minimum absolute atomic E-state index is 0.130. The van der Waals surface area contributed by atoms with Crippen LogP contribution in [0.5, 0.6) is 0 Å². The van der Waals surface area contributed by atoms with Crippen molar-refractivity contribution in [2.75, 3.05) is 0 Å². The van der Waals surface area contributed by atoms with Crippen molar-refractivity contribution in [3.05, 3.63) is 71.8 Å². The quantitative estimate of drug-likeness (QED) is 0.669. The number of rotatable bonds is 5. The van der Waals surface area contributed by atoms with E-state index in [1.807, 2.05) is 0 Å². The molecular formula is C18H24OSi. The molecule has 0 heterocycles. The normalized spacial score (nSPS) is 14.8. The zero-order valence-electron chi connectivity index (χ0n) is 12.8. The number of hydrogen-bond acceptors (Lipinski definition) is 1. The Kier molecular flexibility index (Phi) is 4.79. The van der Waals surface area contributed by atoms with Gasteiger partial charge in [0, 0.05) is 5.92 Å². The minimum atomic E-state index is -1.60. The molecule has 2 atom stereocenters. The highest BCUT2D eigenvalue weighted by atomic mass is 28.4. The summed E-state index contributed by atoms with van der Waals surface area (Å²) in [5.41, 5.74) is 2.60. The zero-order valence-corrected chi connectivity index (χ0v) is 13.8. The van der Waals surface area contributed by atoms with Gasteiger partial charge in [0.25, 0.3) is 0 Å². The lowest BCUT2D eigenvalue weighted by molar-refractivity contribution is 0.171. The lowest BCUT2D eigenvalue weighted by Crippen LogP contribution is -2.30. The molecule has 2 rings (SSSR count). The van der Waals surface area contributed by atoms with Crippen LogP contribution in [0.4, 0.5) is 0 Å². The van der Waals surface area contributed by atoms with E-state index in [4.69, 9.17) is 4.43 Å². The standard InChI is InChI=1S/C18H24OSi/c1-15(16-11-7-5-8-12-16)18(19-20(2,3)4)17-13-9-6-10-14-17/h5-15,18H,1-4H3/t15-,18+/m0/s1. The van der Waals surface area contributed by atoms with Gasteiger partial charge in [-0.3, -0.25) is 0 Å². The van der Waals surface area contributed by atoms with Crippen LogP contribution in [-0.2, 0) is 4.43 Å². The summed E-state index contributed by atoms with van der Waals surface area (Å²) in [6.45, 7) is 9.01. The smallest absolute Gasteiger partial charge is 0.184 e. The summed E-state index contributed by atoms with van der Waals surface area (Å²) in [7, 11) is -1.60. The van der Waals surface area contributed by atoms with Crippen molar-refractivity contribution in [3.63, 3.8) is 0 Å². The van der Waals surface area contributed by atoms with Crippen LogP contribution in [0.25, 0.3) is 0 Å². The summed E-state index contributed by atoms with van der Waals surface area (Å²) < 4.78 is 6.48. The molecule has 0 N–H and O–H groups in total. The molecule has 0 amide bonds. The second-order valence-electron chi connectivity index (χ2n) is 6.26. The van der Waals surface area contributed by atoms with Crippen LogP contribution in [0, 0.1) is 0 Å². The van der Waals surface area contributed by atoms with Crippen molar-refractivity contribution in [1.29, 1.82) is 0 Å². The van der Waals surface area contributed by atoms with E-state index in [1.54, 1.807) is 0 Å². The molecular weight excluding hydrogens is 260 g/mol. The van der Waals surface area contributed by atoms with Gasteiger partial charge in [-0.2, -0.15) is 0 Å². The fourth-order valence-corrected chi connectivity index (χ4v) is 3.52. The predicted molar refractivity (Wildman–Crippen MR) is 88.5 cm³/mol. The van der Waals surface area contributed by atoms with E-state index in [-0.39, 0.29) is 6.10 Å². The molecule has 1 nitrogen and oxygen atoms in total. The fourth-order valence-electron chi connectivity index (χ4n) is 2.41. The van der Waals surface area contributed by atoms with Crippen LogP contribution in [0.2, 0.25) is 19.6 Å². The maximum Gasteiger partial charge on any atom is 0.184 e. The molecule has 20 heavy (non-hydrogen) atoms. The molecule has 0 saturated heterocycles. The Labute approximate surface area is 123 Å². The highest BCUT2D eigenvalue weighted by Crippen LogP contribution is 2.35. The maximum atomic E-state index is 6.48. The van der Waals surface area contributed by atoms with Crippen LogP contribution in [0.15, 0.2) is 60.7 Å². The lowest BCUT2D eigenvalue weighted by Gasteiger charge is -2.31. The molecule has 2 aromatic carbocycles. The molecule has 0 spiro atoms. The van der Waals surface area contributed by atoms with Gasteiger partial charge in [-0.1, -0.05) is 67.6 Å². The Morgan fingerprint density at radius 2 is 1.20 bits per heavy atom. The van der Waals surface area contributed by atoms with Crippen molar-refractivity contribution in [2.45, 2.75) is 38.6 Å². The van der Waals surface area contributed by atoms with E-state index in [1.165, 1.54) is 11.1 Å². The number of benzene rings is 2. The van der Waals surface area contributed by atoms with Crippen LogP contribution >= 0.6 is 0 Å². The first-order chi connectivity index (χ1) is 9.47. The van der Waals surface area contributed by atoms with Gasteiger partial charge in [0.15, 0.2) is 8.32 Å². The van der Waals surface area contributed by atoms with Gasteiger partial charge >= 0.3 is 0 Å². The molecule has 0 bridgehead atoms. The average molecular weight is 284 g/mol. The Balaban J connectivity index is 2.32. The van der Waals surface area contributed by atoms with E-state index in [0.29, 0.717) is 5.92 Å². The summed E-state index contributed by atoms with van der Waals surface area (Å²) in [5.74, 6) is 0.352. The van der Waals surface area contributed by atoms with Crippen molar-refractivity contribution in [1.82, 2.24) is 0 Å². The molecule has 2 heteroatoms. The van der Waals surface area contributed by atoms with Gasteiger partial charge in [0.1, 0.15) is 0 Å². The Morgan fingerprint density at radius 3 is 1.65 bits per heavy atom. The SMILES string of the molecule is C[C@@H](c1ccccc1)[C@@H](O[Si](C)(C)C)c1ccccc1. The largest absolute Gasteiger partial charge is 0.410 e. The second kappa shape index (κ2) is 6.38. The van der Waals surface area contributed by atoms with Gasteiger partial charge in [0.2, 0.25) is 0 Å². The van der Waals surface area contributed by atoms with E-state index in [9.17, 15) is 0 Å².